The van der Waals surface area contributed by atoms with E-state index in [9.17, 15) is 4.79 Å². The minimum absolute atomic E-state index is 0.00938. The average Bonchev–Trinajstić information content (AvgIpc) is 2.80. The highest BCUT2D eigenvalue weighted by Gasteiger charge is 2.13. The van der Waals surface area contributed by atoms with E-state index in [1.165, 1.54) is 5.56 Å². The molecule has 1 N–H and O–H groups in total. The van der Waals surface area contributed by atoms with Crippen LogP contribution in [0.1, 0.15) is 16.1 Å². The first-order valence-corrected chi connectivity index (χ1v) is 7.71. The minimum Gasteiger partial charge on any atom is -0.383 e. The molecular weight excluding hydrogens is 284 g/mol. The van der Waals surface area contributed by atoms with Crippen LogP contribution in [-0.2, 0) is 16.0 Å². The van der Waals surface area contributed by atoms with Crippen LogP contribution in [0.2, 0.25) is 0 Å². The highest BCUT2D eigenvalue weighted by atomic mass is 32.1. The highest BCUT2D eigenvalue weighted by molar-refractivity contribution is 7.15. The molecule has 0 aliphatic heterocycles. The molecule has 0 spiro atoms. The van der Waals surface area contributed by atoms with E-state index >= 15 is 0 Å². The number of benzene rings is 1. The Bertz CT molecular complexity index is 622. The number of nitrogens with zero attached hydrogens (tertiary/aromatic N) is 1. The second-order valence-corrected chi connectivity index (χ2v) is 5.95. The number of rotatable bonds is 6. The van der Waals surface area contributed by atoms with Gasteiger partial charge in [0.05, 0.1) is 18.7 Å². The molecule has 1 aromatic heterocycles. The molecular formula is C16H20N2O2S. The first kappa shape index (κ1) is 15.7. The van der Waals surface area contributed by atoms with Gasteiger partial charge in [-0.05, 0) is 19.4 Å². The van der Waals surface area contributed by atoms with E-state index in [1.807, 2.05) is 19.1 Å². The summed E-state index contributed by atoms with van der Waals surface area (Å²) in [5.74, 6) is 0.00938. The summed E-state index contributed by atoms with van der Waals surface area (Å²) in [4.78, 5) is 17.5. The Morgan fingerprint density at radius 2 is 2.10 bits per heavy atom. The standard InChI is InChI=1S/C16H20N2O2S/c1-11-6-4-5-7-13(11)16-18-12(2)14(21-16)10-15(19)17-8-9-20-3/h4-7H,8-10H2,1-3H3,(H,17,19). The van der Waals surface area contributed by atoms with Gasteiger partial charge in [0.15, 0.2) is 0 Å². The molecule has 0 bridgehead atoms. The fraction of sp³-hybridized carbons (Fsp3) is 0.375. The summed E-state index contributed by atoms with van der Waals surface area (Å²) in [5, 5.41) is 3.81. The lowest BCUT2D eigenvalue weighted by Gasteiger charge is -2.03. The van der Waals surface area contributed by atoms with Crippen LogP contribution in [0, 0.1) is 13.8 Å². The molecule has 21 heavy (non-hydrogen) atoms. The van der Waals surface area contributed by atoms with Crippen molar-refractivity contribution < 1.29 is 9.53 Å². The Hall–Kier alpha value is -1.72. The van der Waals surface area contributed by atoms with Crippen molar-refractivity contribution in [3.63, 3.8) is 0 Å². The molecule has 0 aliphatic rings. The Labute approximate surface area is 129 Å². The number of thiazole rings is 1. The molecule has 0 atom stereocenters. The molecule has 1 aromatic carbocycles. The first-order valence-electron chi connectivity index (χ1n) is 6.89. The smallest absolute Gasteiger partial charge is 0.225 e. The predicted molar refractivity (Wildman–Crippen MR) is 85.6 cm³/mol. The van der Waals surface area contributed by atoms with E-state index in [4.69, 9.17) is 4.74 Å². The SMILES string of the molecule is COCCNC(=O)Cc1sc(-c2ccccc2C)nc1C. The van der Waals surface area contributed by atoms with Crippen molar-refractivity contribution in [1.82, 2.24) is 10.3 Å². The zero-order chi connectivity index (χ0) is 15.2. The number of hydrogen-bond acceptors (Lipinski definition) is 4. The van der Waals surface area contributed by atoms with Crippen molar-refractivity contribution >= 4 is 17.2 Å². The van der Waals surface area contributed by atoms with Crippen LogP contribution in [0.3, 0.4) is 0 Å². The normalized spacial score (nSPS) is 10.6. The van der Waals surface area contributed by atoms with Gasteiger partial charge >= 0.3 is 0 Å². The molecule has 0 radical (unpaired) electrons. The second kappa shape index (κ2) is 7.33. The Kier molecular flexibility index (Phi) is 5.47. The van der Waals surface area contributed by atoms with E-state index in [1.54, 1.807) is 18.4 Å². The van der Waals surface area contributed by atoms with Crippen LogP contribution in [0.5, 0.6) is 0 Å². The van der Waals surface area contributed by atoms with Crippen molar-refractivity contribution in [3.8, 4) is 10.6 Å². The molecule has 5 heteroatoms. The number of carbonyl (C=O) groups excluding carboxylic acids is 1. The number of aryl methyl sites for hydroxylation is 2. The van der Waals surface area contributed by atoms with Gasteiger partial charge in [-0.25, -0.2) is 4.98 Å². The molecule has 0 saturated heterocycles. The third-order valence-electron chi connectivity index (χ3n) is 3.22. The number of ether oxygens (including phenoxy) is 1. The van der Waals surface area contributed by atoms with Gasteiger partial charge in [-0.3, -0.25) is 4.79 Å². The van der Waals surface area contributed by atoms with Crippen LogP contribution >= 0.6 is 11.3 Å². The molecule has 2 rings (SSSR count). The maximum absolute atomic E-state index is 11.9. The van der Waals surface area contributed by atoms with Crippen molar-refractivity contribution in [2.24, 2.45) is 0 Å². The molecule has 0 unspecified atom stereocenters. The molecule has 0 fully saturated rings. The van der Waals surface area contributed by atoms with E-state index in [-0.39, 0.29) is 5.91 Å². The number of carbonyl (C=O) groups is 1. The van der Waals surface area contributed by atoms with Gasteiger partial charge in [-0.2, -0.15) is 0 Å². The summed E-state index contributed by atoms with van der Waals surface area (Å²) in [5.41, 5.74) is 3.26. The zero-order valence-electron chi connectivity index (χ0n) is 12.6. The Morgan fingerprint density at radius 1 is 1.33 bits per heavy atom. The number of amides is 1. The van der Waals surface area contributed by atoms with Crippen molar-refractivity contribution in [3.05, 3.63) is 40.4 Å². The minimum atomic E-state index is 0.00938. The van der Waals surface area contributed by atoms with E-state index in [0.29, 0.717) is 19.6 Å². The summed E-state index contributed by atoms with van der Waals surface area (Å²) in [6.45, 7) is 5.10. The predicted octanol–water partition coefficient (Wildman–Crippen LogP) is 2.73. The molecule has 1 amide bonds. The summed E-state index contributed by atoms with van der Waals surface area (Å²) in [6, 6.07) is 8.17. The first-order chi connectivity index (χ1) is 10.1. The summed E-state index contributed by atoms with van der Waals surface area (Å²) < 4.78 is 4.92. The van der Waals surface area contributed by atoms with Crippen LogP contribution in [0.15, 0.2) is 24.3 Å². The number of nitrogens with one attached hydrogen (secondary N) is 1. The zero-order valence-corrected chi connectivity index (χ0v) is 13.4. The lowest BCUT2D eigenvalue weighted by molar-refractivity contribution is -0.120. The second-order valence-electron chi connectivity index (χ2n) is 4.86. The number of aromatic nitrogens is 1. The summed E-state index contributed by atoms with van der Waals surface area (Å²) in [7, 11) is 1.62. The third-order valence-corrected chi connectivity index (χ3v) is 4.41. The molecule has 112 valence electrons. The topological polar surface area (TPSA) is 51.2 Å². The molecule has 0 saturated carbocycles. The van der Waals surface area contributed by atoms with Crippen molar-refractivity contribution in [2.75, 3.05) is 20.3 Å². The maximum atomic E-state index is 11.9. The number of methoxy groups -OCH3 is 1. The fourth-order valence-electron chi connectivity index (χ4n) is 2.02. The van der Waals surface area contributed by atoms with Gasteiger partial charge in [0.2, 0.25) is 5.91 Å². The molecule has 4 nitrogen and oxygen atoms in total. The van der Waals surface area contributed by atoms with Gasteiger partial charge in [-0.15, -0.1) is 11.3 Å². The monoisotopic (exact) mass is 304 g/mol. The fourth-order valence-corrected chi connectivity index (χ4v) is 3.17. The largest absolute Gasteiger partial charge is 0.383 e. The molecule has 0 aliphatic carbocycles. The average molecular weight is 304 g/mol. The third kappa shape index (κ3) is 4.12. The van der Waals surface area contributed by atoms with Crippen LogP contribution < -0.4 is 5.32 Å². The van der Waals surface area contributed by atoms with E-state index in [2.05, 4.69) is 29.4 Å². The van der Waals surface area contributed by atoms with Crippen LogP contribution in [-0.4, -0.2) is 31.2 Å². The maximum Gasteiger partial charge on any atom is 0.225 e. The van der Waals surface area contributed by atoms with Gasteiger partial charge in [0.1, 0.15) is 5.01 Å². The van der Waals surface area contributed by atoms with Crippen LogP contribution in [0.25, 0.3) is 10.6 Å². The van der Waals surface area contributed by atoms with Crippen LogP contribution in [0.4, 0.5) is 0 Å². The molecule has 2 aromatic rings. The number of hydrogen-bond donors (Lipinski definition) is 1. The van der Waals surface area contributed by atoms with Crippen molar-refractivity contribution in [1.29, 1.82) is 0 Å². The van der Waals surface area contributed by atoms with Crippen molar-refractivity contribution in [2.45, 2.75) is 20.3 Å². The lowest BCUT2D eigenvalue weighted by atomic mass is 10.1. The van der Waals surface area contributed by atoms with Gasteiger partial charge < -0.3 is 10.1 Å². The Morgan fingerprint density at radius 3 is 2.81 bits per heavy atom. The summed E-state index contributed by atoms with van der Waals surface area (Å²) in [6.07, 6.45) is 0.374. The van der Waals surface area contributed by atoms with Gasteiger partial charge in [0.25, 0.3) is 0 Å². The Balaban J connectivity index is 2.09. The quantitative estimate of drug-likeness (QED) is 0.835. The van der Waals surface area contributed by atoms with Gasteiger partial charge in [-0.1, -0.05) is 24.3 Å². The highest BCUT2D eigenvalue weighted by Crippen LogP contribution is 2.30. The van der Waals surface area contributed by atoms with E-state index < -0.39 is 0 Å². The molecule has 1 heterocycles. The summed E-state index contributed by atoms with van der Waals surface area (Å²) >= 11 is 1.59. The lowest BCUT2D eigenvalue weighted by Crippen LogP contribution is -2.28. The van der Waals surface area contributed by atoms with E-state index in [0.717, 1.165) is 21.1 Å². The van der Waals surface area contributed by atoms with Gasteiger partial charge in [0, 0.05) is 24.1 Å².